The van der Waals surface area contributed by atoms with Gasteiger partial charge < -0.3 is 19.7 Å². The van der Waals surface area contributed by atoms with Crippen LogP contribution in [0.3, 0.4) is 0 Å². The van der Waals surface area contributed by atoms with E-state index in [1.165, 1.54) is 0 Å². The van der Waals surface area contributed by atoms with E-state index in [2.05, 4.69) is 24.8 Å². The smallest absolute Gasteiger partial charge is 0.309 e. The lowest BCUT2D eigenvalue weighted by atomic mass is 9.75. The largest absolute Gasteiger partial charge is 0.481 e. The second kappa shape index (κ2) is 8.91. The third-order valence-corrected chi connectivity index (χ3v) is 7.24. The minimum Gasteiger partial charge on any atom is -0.481 e. The Morgan fingerprint density at radius 2 is 1.88 bits per heavy atom. The van der Waals surface area contributed by atoms with Gasteiger partial charge >= 0.3 is 5.97 Å². The highest BCUT2D eigenvalue weighted by Gasteiger charge is 2.38. The van der Waals surface area contributed by atoms with Gasteiger partial charge in [-0.3, -0.25) is 4.79 Å². The van der Waals surface area contributed by atoms with Crippen molar-refractivity contribution in [2.75, 3.05) is 18.0 Å². The van der Waals surface area contributed by atoms with Gasteiger partial charge in [-0.2, -0.15) is 0 Å². The standard InChI is InChI=1S/C24H28ClN5O3/c1-24(23(31)32)8-4-17(5-9-24)33-18-6-10-30(11-7-18)20-3-2-15(13-26-20)21-28-19-12-16(25)14-27-22(19)29-21/h2-3,12-14,17-18H,4-11H2,1H3,(H,31,32)(H,27,28,29)/t17-,24+. The summed E-state index contributed by atoms with van der Waals surface area (Å²) in [6.07, 6.45) is 8.77. The number of nitrogens with zero attached hydrogens (tertiary/aromatic N) is 4. The predicted octanol–water partition coefficient (Wildman–Crippen LogP) is 4.69. The summed E-state index contributed by atoms with van der Waals surface area (Å²) in [5.41, 5.74) is 1.74. The van der Waals surface area contributed by atoms with Crippen LogP contribution in [0.2, 0.25) is 5.02 Å². The summed E-state index contributed by atoms with van der Waals surface area (Å²) >= 11 is 6.01. The Balaban J connectivity index is 1.15. The summed E-state index contributed by atoms with van der Waals surface area (Å²) in [5, 5.41) is 9.97. The minimum absolute atomic E-state index is 0.180. The summed E-state index contributed by atoms with van der Waals surface area (Å²) in [5.74, 6) is 0.982. The number of anilines is 1. The van der Waals surface area contributed by atoms with Crippen LogP contribution in [-0.2, 0) is 9.53 Å². The maximum Gasteiger partial charge on any atom is 0.309 e. The van der Waals surface area contributed by atoms with Crippen molar-refractivity contribution in [1.29, 1.82) is 0 Å². The number of H-pyrrole nitrogens is 1. The van der Waals surface area contributed by atoms with Crippen LogP contribution < -0.4 is 4.90 Å². The van der Waals surface area contributed by atoms with Crippen LogP contribution in [0.15, 0.2) is 30.6 Å². The number of aromatic nitrogens is 4. The predicted molar refractivity (Wildman–Crippen MR) is 126 cm³/mol. The molecule has 8 nitrogen and oxygen atoms in total. The molecule has 2 fully saturated rings. The maximum atomic E-state index is 11.4. The zero-order valence-electron chi connectivity index (χ0n) is 18.6. The Morgan fingerprint density at radius 3 is 2.55 bits per heavy atom. The SMILES string of the molecule is C[C@]1(C(=O)O)CC[C@@H](OC2CCN(c3ccc(-c4nc5ncc(Cl)cc5[nH]4)cn3)CC2)CC1. The highest BCUT2D eigenvalue weighted by Crippen LogP contribution is 2.38. The molecular formula is C24H28ClN5O3. The number of carboxylic acids is 1. The molecule has 4 heterocycles. The van der Waals surface area contributed by atoms with Crippen molar-refractivity contribution < 1.29 is 14.6 Å². The number of pyridine rings is 2. The number of ether oxygens (including phenoxy) is 1. The summed E-state index contributed by atoms with van der Waals surface area (Å²) < 4.78 is 6.34. The Kier molecular flexibility index (Phi) is 5.97. The van der Waals surface area contributed by atoms with Gasteiger partial charge in [-0.25, -0.2) is 15.0 Å². The molecule has 3 aromatic rings. The van der Waals surface area contributed by atoms with E-state index in [1.807, 2.05) is 31.3 Å². The molecule has 3 aromatic heterocycles. The molecule has 1 saturated carbocycles. The number of piperidine rings is 1. The van der Waals surface area contributed by atoms with Gasteiger partial charge in [0, 0.05) is 31.0 Å². The number of halogens is 1. The van der Waals surface area contributed by atoms with Crippen molar-refractivity contribution in [3.8, 4) is 11.4 Å². The van der Waals surface area contributed by atoms with Crippen LogP contribution in [0.5, 0.6) is 0 Å². The number of rotatable bonds is 5. The number of carbonyl (C=O) groups is 1. The zero-order chi connectivity index (χ0) is 23.0. The molecular weight excluding hydrogens is 442 g/mol. The summed E-state index contributed by atoms with van der Waals surface area (Å²) in [6, 6.07) is 5.86. The molecule has 1 aliphatic heterocycles. The Hall–Kier alpha value is -2.71. The van der Waals surface area contributed by atoms with Gasteiger partial charge in [0.15, 0.2) is 5.65 Å². The second-order valence-electron chi connectivity index (χ2n) is 9.40. The third kappa shape index (κ3) is 4.68. The molecule has 1 aliphatic carbocycles. The van der Waals surface area contributed by atoms with E-state index >= 15 is 0 Å². The van der Waals surface area contributed by atoms with Crippen LogP contribution in [0.1, 0.15) is 45.4 Å². The van der Waals surface area contributed by atoms with Crippen molar-refractivity contribution in [2.45, 2.75) is 57.7 Å². The summed E-state index contributed by atoms with van der Waals surface area (Å²) in [6.45, 7) is 3.64. The molecule has 174 valence electrons. The number of nitrogens with one attached hydrogen (secondary N) is 1. The molecule has 9 heteroatoms. The maximum absolute atomic E-state index is 11.4. The van der Waals surface area contributed by atoms with E-state index < -0.39 is 11.4 Å². The fourth-order valence-electron chi connectivity index (χ4n) is 4.80. The van der Waals surface area contributed by atoms with Crippen LogP contribution in [0.25, 0.3) is 22.6 Å². The Bertz CT molecular complexity index is 1130. The van der Waals surface area contributed by atoms with Crippen LogP contribution in [0, 0.1) is 5.41 Å². The lowest BCUT2D eigenvalue weighted by molar-refractivity contribution is -0.152. The average Bonchev–Trinajstić information content (AvgIpc) is 3.24. The van der Waals surface area contributed by atoms with E-state index in [1.54, 1.807) is 6.20 Å². The van der Waals surface area contributed by atoms with Crippen molar-refractivity contribution >= 4 is 34.6 Å². The van der Waals surface area contributed by atoms with Crippen LogP contribution in [-0.4, -0.2) is 56.3 Å². The van der Waals surface area contributed by atoms with Gasteiger partial charge in [-0.05, 0) is 63.6 Å². The molecule has 0 bridgehead atoms. The number of aromatic amines is 1. The average molecular weight is 470 g/mol. The van der Waals surface area contributed by atoms with Crippen LogP contribution >= 0.6 is 11.6 Å². The molecule has 0 amide bonds. The first kappa shape index (κ1) is 22.1. The molecule has 0 atom stereocenters. The fraction of sp³-hybridized carbons (Fsp3) is 0.500. The van der Waals surface area contributed by atoms with Crippen molar-refractivity contribution in [3.05, 3.63) is 35.6 Å². The van der Waals surface area contributed by atoms with Crippen molar-refractivity contribution in [2.24, 2.45) is 5.41 Å². The molecule has 33 heavy (non-hydrogen) atoms. The van der Waals surface area contributed by atoms with Gasteiger partial charge in [-0.1, -0.05) is 11.6 Å². The summed E-state index contributed by atoms with van der Waals surface area (Å²) in [7, 11) is 0. The molecule has 0 radical (unpaired) electrons. The van der Waals surface area contributed by atoms with E-state index in [-0.39, 0.29) is 12.2 Å². The second-order valence-corrected chi connectivity index (χ2v) is 9.84. The quantitative estimate of drug-likeness (QED) is 0.558. The molecule has 1 saturated heterocycles. The molecule has 0 aromatic carbocycles. The molecule has 5 rings (SSSR count). The van der Waals surface area contributed by atoms with E-state index in [4.69, 9.17) is 16.3 Å². The van der Waals surface area contributed by atoms with Gasteiger partial charge in [0.2, 0.25) is 0 Å². The van der Waals surface area contributed by atoms with Gasteiger partial charge in [0.05, 0.1) is 28.2 Å². The van der Waals surface area contributed by atoms with Gasteiger partial charge in [0.25, 0.3) is 0 Å². The third-order valence-electron chi connectivity index (χ3n) is 7.03. The molecule has 0 unspecified atom stereocenters. The zero-order valence-corrected chi connectivity index (χ0v) is 19.4. The first-order valence-electron chi connectivity index (χ1n) is 11.5. The number of hydrogen-bond acceptors (Lipinski definition) is 6. The molecule has 2 N–H and O–H groups in total. The molecule has 2 aliphatic rings. The number of fused-ring (bicyclic) bond motifs is 1. The lowest BCUT2D eigenvalue weighted by Crippen LogP contribution is -2.41. The van der Waals surface area contributed by atoms with Crippen molar-refractivity contribution in [3.63, 3.8) is 0 Å². The first-order chi connectivity index (χ1) is 15.9. The first-order valence-corrected chi connectivity index (χ1v) is 11.9. The monoisotopic (exact) mass is 469 g/mol. The van der Waals surface area contributed by atoms with Crippen molar-refractivity contribution in [1.82, 2.24) is 19.9 Å². The molecule has 0 spiro atoms. The van der Waals surface area contributed by atoms with Gasteiger partial charge in [0.1, 0.15) is 11.6 Å². The highest BCUT2D eigenvalue weighted by atomic mass is 35.5. The van der Waals surface area contributed by atoms with Crippen LogP contribution in [0.4, 0.5) is 5.82 Å². The highest BCUT2D eigenvalue weighted by molar-refractivity contribution is 6.31. The number of carboxylic acid groups (broad SMARTS) is 1. The lowest BCUT2D eigenvalue weighted by Gasteiger charge is -2.38. The summed E-state index contributed by atoms with van der Waals surface area (Å²) in [4.78, 5) is 30.4. The van der Waals surface area contributed by atoms with E-state index in [9.17, 15) is 9.90 Å². The fourth-order valence-corrected chi connectivity index (χ4v) is 4.95. The van der Waals surface area contributed by atoms with E-state index in [0.717, 1.165) is 61.5 Å². The van der Waals surface area contributed by atoms with Gasteiger partial charge in [-0.15, -0.1) is 0 Å². The Morgan fingerprint density at radius 1 is 1.15 bits per heavy atom. The topological polar surface area (TPSA) is 104 Å². The Labute approximate surface area is 197 Å². The number of hydrogen-bond donors (Lipinski definition) is 2. The minimum atomic E-state index is -0.686. The number of imidazole rings is 1. The van der Waals surface area contributed by atoms with E-state index in [0.29, 0.717) is 23.5 Å². The normalized spacial score (nSPS) is 24.3. The number of aliphatic carboxylic acids is 1.